The molecule has 0 atom stereocenters. The van der Waals surface area contributed by atoms with E-state index in [-0.39, 0.29) is 18.5 Å². The molecule has 0 aromatic heterocycles. The SMILES string of the molecule is CC(C)OCC(=O)c1ccccc1CCN. The van der Waals surface area contributed by atoms with Gasteiger partial charge >= 0.3 is 0 Å². The summed E-state index contributed by atoms with van der Waals surface area (Å²) in [4.78, 5) is 11.9. The van der Waals surface area contributed by atoms with Crippen LogP contribution in [-0.4, -0.2) is 25.0 Å². The molecule has 0 aliphatic carbocycles. The Balaban J connectivity index is 2.73. The molecule has 0 radical (unpaired) electrons. The monoisotopic (exact) mass is 221 g/mol. The average Bonchev–Trinajstić information content (AvgIpc) is 2.27. The lowest BCUT2D eigenvalue weighted by Crippen LogP contribution is -2.16. The van der Waals surface area contributed by atoms with Crippen LogP contribution in [0.5, 0.6) is 0 Å². The van der Waals surface area contributed by atoms with Gasteiger partial charge in [-0.15, -0.1) is 0 Å². The molecule has 0 fully saturated rings. The zero-order valence-corrected chi connectivity index (χ0v) is 9.90. The smallest absolute Gasteiger partial charge is 0.188 e. The van der Waals surface area contributed by atoms with Crippen LogP contribution >= 0.6 is 0 Å². The highest BCUT2D eigenvalue weighted by Gasteiger charge is 2.10. The fraction of sp³-hybridized carbons (Fsp3) is 0.462. The lowest BCUT2D eigenvalue weighted by molar-refractivity contribution is 0.0584. The molecule has 2 N–H and O–H groups in total. The molecule has 0 amide bonds. The van der Waals surface area contributed by atoms with E-state index in [0.29, 0.717) is 6.54 Å². The van der Waals surface area contributed by atoms with Crippen LogP contribution in [-0.2, 0) is 11.2 Å². The molecule has 0 aliphatic heterocycles. The molecule has 3 heteroatoms. The third-order valence-electron chi connectivity index (χ3n) is 2.28. The highest BCUT2D eigenvalue weighted by molar-refractivity contribution is 5.98. The molecule has 88 valence electrons. The van der Waals surface area contributed by atoms with Crippen molar-refractivity contribution in [2.45, 2.75) is 26.4 Å². The van der Waals surface area contributed by atoms with Crippen molar-refractivity contribution in [3.8, 4) is 0 Å². The van der Waals surface area contributed by atoms with Gasteiger partial charge in [0.2, 0.25) is 0 Å². The molecule has 16 heavy (non-hydrogen) atoms. The van der Waals surface area contributed by atoms with E-state index in [4.69, 9.17) is 10.5 Å². The summed E-state index contributed by atoms with van der Waals surface area (Å²) in [5.41, 5.74) is 7.24. The number of nitrogens with two attached hydrogens (primary N) is 1. The van der Waals surface area contributed by atoms with Crippen LogP contribution in [0.15, 0.2) is 24.3 Å². The number of Topliss-reactive ketones (excluding diaryl/α,β-unsaturated/α-hetero) is 1. The van der Waals surface area contributed by atoms with Crippen molar-refractivity contribution < 1.29 is 9.53 Å². The Bertz CT molecular complexity index is 348. The average molecular weight is 221 g/mol. The van der Waals surface area contributed by atoms with Gasteiger partial charge in [-0.2, -0.15) is 0 Å². The van der Waals surface area contributed by atoms with Gasteiger partial charge < -0.3 is 10.5 Å². The maximum atomic E-state index is 11.9. The van der Waals surface area contributed by atoms with Crippen LogP contribution in [0.3, 0.4) is 0 Å². The summed E-state index contributed by atoms with van der Waals surface area (Å²) in [6, 6.07) is 7.56. The summed E-state index contributed by atoms with van der Waals surface area (Å²) in [5.74, 6) is 0.0257. The first-order chi connectivity index (χ1) is 7.65. The highest BCUT2D eigenvalue weighted by atomic mass is 16.5. The molecular formula is C13H19NO2. The molecule has 0 spiro atoms. The van der Waals surface area contributed by atoms with Gasteiger partial charge in [-0.1, -0.05) is 24.3 Å². The molecule has 0 saturated carbocycles. The van der Waals surface area contributed by atoms with Crippen LogP contribution in [0.25, 0.3) is 0 Å². The lowest BCUT2D eigenvalue weighted by Gasteiger charge is -2.09. The van der Waals surface area contributed by atoms with Crippen molar-refractivity contribution >= 4 is 5.78 Å². The van der Waals surface area contributed by atoms with E-state index in [1.165, 1.54) is 0 Å². The first-order valence-electron chi connectivity index (χ1n) is 5.58. The Morgan fingerprint density at radius 1 is 1.38 bits per heavy atom. The molecular weight excluding hydrogens is 202 g/mol. The van der Waals surface area contributed by atoms with Gasteiger partial charge in [0.05, 0.1) is 6.10 Å². The van der Waals surface area contributed by atoms with Gasteiger partial charge in [0, 0.05) is 5.56 Å². The topological polar surface area (TPSA) is 52.3 Å². The summed E-state index contributed by atoms with van der Waals surface area (Å²) in [5, 5.41) is 0. The van der Waals surface area contributed by atoms with Crippen molar-refractivity contribution in [3.63, 3.8) is 0 Å². The first-order valence-corrected chi connectivity index (χ1v) is 5.58. The number of hydrogen-bond donors (Lipinski definition) is 1. The second-order valence-electron chi connectivity index (χ2n) is 3.98. The second-order valence-corrected chi connectivity index (χ2v) is 3.98. The van der Waals surface area contributed by atoms with Crippen LogP contribution in [0.1, 0.15) is 29.8 Å². The fourth-order valence-corrected chi connectivity index (χ4v) is 1.49. The fourth-order valence-electron chi connectivity index (χ4n) is 1.49. The Kier molecular flexibility index (Phi) is 5.15. The minimum atomic E-state index is 0.0257. The lowest BCUT2D eigenvalue weighted by atomic mass is 10.0. The Hall–Kier alpha value is -1.19. The van der Waals surface area contributed by atoms with Crippen molar-refractivity contribution in [1.29, 1.82) is 0 Å². The van der Waals surface area contributed by atoms with Gasteiger partial charge in [0.15, 0.2) is 5.78 Å². The molecule has 1 rings (SSSR count). The van der Waals surface area contributed by atoms with E-state index in [2.05, 4.69) is 0 Å². The van der Waals surface area contributed by atoms with Crippen LogP contribution in [0.4, 0.5) is 0 Å². The number of benzene rings is 1. The zero-order valence-electron chi connectivity index (χ0n) is 9.90. The van der Waals surface area contributed by atoms with E-state index >= 15 is 0 Å². The van der Waals surface area contributed by atoms with E-state index in [0.717, 1.165) is 17.5 Å². The third-order valence-corrected chi connectivity index (χ3v) is 2.28. The molecule has 0 saturated heterocycles. The second kappa shape index (κ2) is 6.40. The van der Waals surface area contributed by atoms with Crippen LogP contribution < -0.4 is 5.73 Å². The number of ketones is 1. The minimum Gasteiger partial charge on any atom is -0.371 e. The number of rotatable bonds is 6. The van der Waals surface area contributed by atoms with E-state index in [1.807, 2.05) is 38.1 Å². The predicted octanol–water partition coefficient (Wildman–Crippen LogP) is 1.80. The van der Waals surface area contributed by atoms with Crippen LogP contribution in [0.2, 0.25) is 0 Å². The maximum Gasteiger partial charge on any atom is 0.188 e. The largest absolute Gasteiger partial charge is 0.371 e. The third kappa shape index (κ3) is 3.76. The van der Waals surface area contributed by atoms with Crippen molar-refractivity contribution in [3.05, 3.63) is 35.4 Å². The van der Waals surface area contributed by atoms with Gasteiger partial charge in [0.1, 0.15) is 6.61 Å². The number of ether oxygens (including phenoxy) is 1. The summed E-state index contributed by atoms with van der Waals surface area (Å²) < 4.78 is 5.31. The predicted molar refractivity (Wildman–Crippen MR) is 64.6 cm³/mol. The number of hydrogen-bond acceptors (Lipinski definition) is 3. The molecule has 1 aromatic rings. The quantitative estimate of drug-likeness (QED) is 0.745. The standard InChI is InChI=1S/C13H19NO2/c1-10(2)16-9-13(15)12-6-4-3-5-11(12)7-8-14/h3-6,10H,7-9,14H2,1-2H3. The van der Waals surface area contributed by atoms with Gasteiger partial charge in [-0.3, -0.25) is 4.79 Å². The zero-order chi connectivity index (χ0) is 12.0. The van der Waals surface area contributed by atoms with Crippen molar-refractivity contribution in [1.82, 2.24) is 0 Å². The first kappa shape index (κ1) is 12.9. The number of carbonyl (C=O) groups excluding carboxylic acids is 1. The number of carbonyl (C=O) groups is 1. The van der Waals surface area contributed by atoms with Crippen molar-refractivity contribution in [2.24, 2.45) is 5.73 Å². The van der Waals surface area contributed by atoms with E-state index in [1.54, 1.807) is 0 Å². The van der Waals surface area contributed by atoms with Crippen LogP contribution in [0, 0.1) is 0 Å². The highest BCUT2D eigenvalue weighted by Crippen LogP contribution is 2.10. The maximum absolute atomic E-state index is 11.9. The minimum absolute atomic E-state index is 0.0257. The molecule has 0 unspecified atom stereocenters. The Labute approximate surface area is 96.6 Å². The van der Waals surface area contributed by atoms with E-state index in [9.17, 15) is 4.79 Å². The van der Waals surface area contributed by atoms with Crippen molar-refractivity contribution in [2.75, 3.05) is 13.2 Å². The Morgan fingerprint density at radius 2 is 2.06 bits per heavy atom. The molecule has 0 heterocycles. The summed E-state index contributed by atoms with van der Waals surface area (Å²) in [7, 11) is 0. The summed E-state index contributed by atoms with van der Waals surface area (Å²) in [6.07, 6.45) is 0.800. The van der Waals surface area contributed by atoms with E-state index < -0.39 is 0 Å². The van der Waals surface area contributed by atoms with Gasteiger partial charge in [0.25, 0.3) is 0 Å². The Morgan fingerprint density at radius 3 is 2.69 bits per heavy atom. The molecule has 0 aliphatic rings. The summed E-state index contributed by atoms with van der Waals surface area (Å²) in [6.45, 7) is 4.52. The summed E-state index contributed by atoms with van der Waals surface area (Å²) >= 11 is 0. The van der Waals surface area contributed by atoms with Gasteiger partial charge in [-0.05, 0) is 32.4 Å². The molecule has 0 bridgehead atoms. The normalized spacial score (nSPS) is 10.8. The molecule has 1 aromatic carbocycles. The van der Waals surface area contributed by atoms with Gasteiger partial charge in [-0.25, -0.2) is 0 Å². The molecule has 3 nitrogen and oxygen atoms in total.